The number of ether oxygens (including phenoxy) is 7. The molecular weight excluding hydrogens is 813 g/mol. The van der Waals surface area contributed by atoms with E-state index in [0.717, 1.165) is 38.9 Å². The molecular formula is C57H48O8. The molecule has 8 heteroatoms. The summed E-state index contributed by atoms with van der Waals surface area (Å²) in [6.45, 7) is 1.74. The van der Waals surface area contributed by atoms with E-state index in [4.69, 9.17) is 33.2 Å². The summed E-state index contributed by atoms with van der Waals surface area (Å²) in [6.07, 6.45) is -1.25. The molecule has 324 valence electrons. The third kappa shape index (κ3) is 11.4. The van der Waals surface area contributed by atoms with E-state index in [2.05, 4.69) is 0 Å². The standard InChI is InChI=1S/C57H48O8/c58-57(46-26-29-48(30-27-46)59-36-41-16-6-1-7-17-41)65-55-35-50-52(62-39-44-22-12-4-13-23-44)33-49(60-37-42-18-8-2-9-19-42)34-53(50)64-56(55)47-28-31-51(61-38-43-20-10-3-11-21-43)54(32-47)63-40-45-24-14-5-15-25-45/h1-34,55-56H,35-40H2. The molecule has 0 saturated carbocycles. The number of carbonyl (C=O) groups excluding carboxylic acids is 1. The molecule has 1 aliphatic rings. The largest absolute Gasteiger partial charge is 0.489 e. The first kappa shape index (κ1) is 42.3. The van der Waals surface area contributed by atoms with E-state index in [1.165, 1.54) is 0 Å². The monoisotopic (exact) mass is 860 g/mol. The average Bonchev–Trinajstić information content (AvgIpc) is 3.37. The van der Waals surface area contributed by atoms with Crippen molar-refractivity contribution in [1.82, 2.24) is 0 Å². The van der Waals surface area contributed by atoms with Crippen molar-refractivity contribution in [2.24, 2.45) is 0 Å². The van der Waals surface area contributed by atoms with Gasteiger partial charge in [0.25, 0.3) is 0 Å². The summed E-state index contributed by atoms with van der Waals surface area (Å²) in [5.41, 5.74) is 6.97. The molecule has 8 aromatic rings. The van der Waals surface area contributed by atoms with E-state index < -0.39 is 18.2 Å². The zero-order valence-corrected chi connectivity index (χ0v) is 35.8. The molecule has 0 aromatic heterocycles. The van der Waals surface area contributed by atoms with E-state index in [1.54, 1.807) is 24.3 Å². The van der Waals surface area contributed by atoms with E-state index >= 15 is 0 Å². The Morgan fingerprint density at radius 2 is 0.877 bits per heavy atom. The second kappa shape index (κ2) is 20.9. The Kier molecular flexibility index (Phi) is 13.6. The minimum atomic E-state index is -0.780. The van der Waals surface area contributed by atoms with Crippen LogP contribution in [0.25, 0.3) is 0 Å². The lowest BCUT2D eigenvalue weighted by molar-refractivity contribution is -0.0190. The lowest BCUT2D eigenvalue weighted by Crippen LogP contribution is -2.35. The predicted molar refractivity (Wildman–Crippen MR) is 249 cm³/mol. The maximum absolute atomic E-state index is 14.1. The van der Waals surface area contributed by atoms with Crippen molar-refractivity contribution in [1.29, 1.82) is 0 Å². The van der Waals surface area contributed by atoms with Crippen LogP contribution >= 0.6 is 0 Å². The smallest absolute Gasteiger partial charge is 0.338 e. The van der Waals surface area contributed by atoms with Gasteiger partial charge in [-0.05, 0) is 64.2 Å². The Labute approximate surface area is 379 Å². The second-order valence-electron chi connectivity index (χ2n) is 15.7. The van der Waals surface area contributed by atoms with Crippen LogP contribution in [0.4, 0.5) is 0 Å². The van der Waals surface area contributed by atoms with E-state index in [-0.39, 0.29) is 0 Å². The summed E-state index contributed by atoms with van der Waals surface area (Å²) in [7, 11) is 0. The molecule has 1 heterocycles. The van der Waals surface area contributed by atoms with Crippen LogP contribution < -0.4 is 28.4 Å². The molecule has 1 aliphatic heterocycles. The number of fused-ring (bicyclic) bond motifs is 1. The first-order valence-corrected chi connectivity index (χ1v) is 21.7. The molecule has 0 aliphatic carbocycles. The Balaban J connectivity index is 1.04. The highest BCUT2D eigenvalue weighted by Crippen LogP contribution is 2.45. The quantitative estimate of drug-likeness (QED) is 0.0789. The third-order valence-corrected chi connectivity index (χ3v) is 11.0. The highest BCUT2D eigenvalue weighted by atomic mass is 16.6. The van der Waals surface area contributed by atoms with Gasteiger partial charge in [0.05, 0.1) is 5.56 Å². The number of carbonyl (C=O) groups is 1. The van der Waals surface area contributed by atoms with Gasteiger partial charge in [-0.25, -0.2) is 4.79 Å². The van der Waals surface area contributed by atoms with Crippen molar-refractivity contribution in [3.8, 4) is 34.5 Å². The first-order chi connectivity index (χ1) is 32.1. The topological polar surface area (TPSA) is 81.7 Å². The molecule has 8 nitrogen and oxygen atoms in total. The van der Waals surface area contributed by atoms with Crippen LogP contribution in [-0.2, 0) is 44.2 Å². The maximum atomic E-state index is 14.1. The van der Waals surface area contributed by atoms with Gasteiger partial charge in [0, 0.05) is 29.7 Å². The van der Waals surface area contributed by atoms with Crippen LogP contribution in [0.3, 0.4) is 0 Å². The van der Waals surface area contributed by atoms with E-state index in [0.29, 0.717) is 79.5 Å². The summed E-state index contributed by atoms with van der Waals surface area (Å²) in [5, 5.41) is 0. The number of hydrogen-bond acceptors (Lipinski definition) is 8. The van der Waals surface area contributed by atoms with Crippen molar-refractivity contribution in [2.45, 2.75) is 51.7 Å². The molecule has 0 amide bonds. The maximum Gasteiger partial charge on any atom is 0.338 e. The molecule has 8 aromatic carbocycles. The van der Waals surface area contributed by atoms with Gasteiger partial charge in [-0.3, -0.25) is 0 Å². The number of benzene rings is 8. The first-order valence-electron chi connectivity index (χ1n) is 21.7. The van der Waals surface area contributed by atoms with Crippen LogP contribution in [-0.4, -0.2) is 12.1 Å². The zero-order chi connectivity index (χ0) is 44.0. The summed E-state index contributed by atoms with van der Waals surface area (Å²) in [6, 6.07) is 66.3. The van der Waals surface area contributed by atoms with Gasteiger partial charge < -0.3 is 33.2 Å². The Morgan fingerprint density at radius 1 is 0.431 bits per heavy atom. The number of hydrogen-bond donors (Lipinski definition) is 0. The molecule has 9 rings (SSSR count). The van der Waals surface area contributed by atoms with Gasteiger partial charge in [-0.2, -0.15) is 0 Å². The molecule has 0 spiro atoms. The summed E-state index contributed by atoms with van der Waals surface area (Å²) in [4.78, 5) is 14.1. The Morgan fingerprint density at radius 3 is 1.38 bits per heavy atom. The van der Waals surface area contributed by atoms with Gasteiger partial charge in [-0.15, -0.1) is 0 Å². The van der Waals surface area contributed by atoms with E-state index in [9.17, 15) is 4.79 Å². The van der Waals surface area contributed by atoms with Crippen molar-refractivity contribution in [3.05, 3.63) is 251 Å². The van der Waals surface area contributed by atoms with Crippen molar-refractivity contribution in [3.63, 3.8) is 0 Å². The Bertz CT molecular complexity index is 2750. The molecule has 65 heavy (non-hydrogen) atoms. The SMILES string of the molecule is O=C(OC1Cc2c(OCc3ccccc3)cc(OCc3ccccc3)cc2OC1c1ccc(OCc2ccccc2)c(OCc2ccccc2)c1)c1ccc(OCc2ccccc2)cc1. The normalized spacial score (nSPS) is 14.0. The summed E-state index contributed by atoms with van der Waals surface area (Å²) < 4.78 is 45.3. The molecule has 2 unspecified atom stereocenters. The average molecular weight is 861 g/mol. The number of esters is 1. The van der Waals surface area contributed by atoms with Crippen LogP contribution in [0.5, 0.6) is 34.5 Å². The van der Waals surface area contributed by atoms with Crippen molar-refractivity contribution >= 4 is 5.97 Å². The summed E-state index contributed by atoms with van der Waals surface area (Å²) >= 11 is 0. The third-order valence-electron chi connectivity index (χ3n) is 11.0. The Hall–Kier alpha value is -7.97. The zero-order valence-electron chi connectivity index (χ0n) is 35.8. The lowest BCUT2D eigenvalue weighted by atomic mass is 9.93. The van der Waals surface area contributed by atoms with Gasteiger partial charge in [0.2, 0.25) is 0 Å². The van der Waals surface area contributed by atoms with Crippen molar-refractivity contribution in [2.75, 3.05) is 0 Å². The number of rotatable bonds is 18. The fourth-order valence-corrected chi connectivity index (χ4v) is 7.54. The minimum absolute atomic E-state index is 0.291. The fraction of sp³-hybridized carbons (Fsp3) is 0.140. The predicted octanol–water partition coefficient (Wildman–Crippen LogP) is 12.5. The van der Waals surface area contributed by atoms with Gasteiger partial charge >= 0.3 is 5.97 Å². The second-order valence-corrected chi connectivity index (χ2v) is 15.7. The summed E-state index contributed by atoms with van der Waals surface area (Å²) in [5.74, 6) is 2.95. The van der Waals surface area contributed by atoms with Crippen LogP contribution in [0, 0.1) is 0 Å². The van der Waals surface area contributed by atoms with Gasteiger partial charge in [0.1, 0.15) is 62.1 Å². The minimum Gasteiger partial charge on any atom is -0.489 e. The van der Waals surface area contributed by atoms with Gasteiger partial charge in [-0.1, -0.05) is 158 Å². The molecule has 0 fully saturated rings. The van der Waals surface area contributed by atoms with Crippen LogP contribution in [0.15, 0.2) is 206 Å². The van der Waals surface area contributed by atoms with Crippen LogP contribution in [0.1, 0.15) is 55.4 Å². The van der Waals surface area contributed by atoms with E-state index in [1.807, 2.05) is 182 Å². The highest BCUT2D eigenvalue weighted by Gasteiger charge is 2.37. The molecule has 0 radical (unpaired) electrons. The molecule has 2 atom stereocenters. The van der Waals surface area contributed by atoms with Gasteiger partial charge in [0.15, 0.2) is 17.6 Å². The molecule has 0 N–H and O–H groups in total. The lowest BCUT2D eigenvalue weighted by Gasteiger charge is -2.35. The fourth-order valence-electron chi connectivity index (χ4n) is 7.54. The molecule has 0 bridgehead atoms. The highest BCUT2D eigenvalue weighted by molar-refractivity contribution is 5.89. The van der Waals surface area contributed by atoms with Crippen LogP contribution in [0.2, 0.25) is 0 Å². The molecule has 0 saturated heterocycles. The van der Waals surface area contributed by atoms with Crippen molar-refractivity contribution < 1.29 is 38.0 Å².